The number of hydrogen-bond donors (Lipinski definition) is 2. The van der Waals surface area contributed by atoms with E-state index in [-0.39, 0.29) is 11.7 Å². The Kier molecular flexibility index (Phi) is 4.66. The second-order valence-electron chi connectivity index (χ2n) is 5.09. The van der Waals surface area contributed by atoms with E-state index >= 15 is 0 Å². The first kappa shape index (κ1) is 13.7. The Hall–Kier alpha value is -1.71. The number of aromatic hydroxyl groups is 1. The molecule has 4 heteroatoms. The molecule has 0 aliphatic heterocycles. The lowest BCUT2D eigenvalue weighted by Crippen LogP contribution is -2.37. The van der Waals surface area contributed by atoms with E-state index in [1.165, 1.54) is 26.4 Å². The van der Waals surface area contributed by atoms with Crippen LogP contribution in [0.1, 0.15) is 37.7 Å². The summed E-state index contributed by atoms with van der Waals surface area (Å²) >= 11 is 0. The molecule has 0 bridgehead atoms. The summed E-state index contributed by atoms with van der Waals surface area (Å²) in [7, 11) is 1.50. The summed E-state index contributed by atoms with van der Waals surface area (Å²) in [6.07, 6.45) is 6.19. The Balaban J connectivity index is 1.90. The fourth-order valence-corrected chi connectivity index (χ4v) is 2.54. The number of phenols is 1. The highest BCUT2D eigenvalue weighted by molar-refractivity contribution is 5.79. The number of amides is 1. The molecule has 0 unspecified atom stereocenters. The number of carbonyl (C=O) groups excluding carboxylic acids is 1. The molecule has 0 atom stereocenters. The smallest absolute Gasteiger partial charge is 0.224 e. The van der Waals surface area contributed by atoms with Gasteiger partial charge in [-0.25, -0.2) is 0 Å². The number of hydrogen-bond acceptors (Lipinski definition) is 3. The number of rotatable bonds is 4. The number of ether oxygens (including phenoxy) is 1. The van der Waals surface area contributed by atoms with E-state index in [0.29, 0.717) is 18.2 Å². The summed E-state index contributed by atoms with van der Waals surface area (Å²) in [5, 5.41) is 12.6. The lowest BCUT2D eigenvalue weighted by Gasteiger charge is -2.22. The first-order chi connectivity index (χ1) is 9.19. The number of phenolic OH excluding ortho intramolecular Hbond substituents is 1. The Morgan fingerprint density at radius 3 is 2.79 bits per heavy atom. The molecule has 1 aromatic carbocycles. The van der Waals surface area contributed by atoms with E-state index in [9.17, 15) is 9.90 Å². The topological polar surface area (TPSA) is 58.6 Å². The van der Waals surface area contributed by atoms with Gasteiger partial charge in [0, 0.05) is 6.04 Å². The number of methoxy groups -OCH3 is 1. The van der Waals surface area contributed by atoms with Gasteiger partial charge in [0.15, 0.2) is 11.5 Å². The van der Waals surface area contributed by atoms with Gasteiger partial charge in [0.2, 0.25) is 5.91 Å². The molecule has 0 saturated heterocycles. The van der Waals surface area contributed by atoms with Crippen LogP contribution in [-0.4, -0.2) is 24.2 Å². The summed E-state index contributed by atoms with van der Waals surface area (Å²) < 4.78 is 5.04. The predicted octanol–water partition coefficient (Wildman–Crippen LogP) is 2.39. The van der Waals surface area contributed by atoms with Gasteiger partial charge in [-0.2, -0.15) is 0 Å². The van der Waals surface area contributed by atoms with Gasteiger partial charge in [0.1, 0.15) is 0 Å². The molecule has 2 rings (SSSR count). The van der Waals surface area contributed by atoms with Gasteiger partial charge in [-0.1, -0.05) is 25.3 Å². The molecule has 4 nitrogen and oxygen atoms in total. The molecule has 1 aromatic rings. The van der Waals surface area contributed by atoms with Crippen molar-refractivity contribution in [3.63, 3.8) is 0 Å². The average Bonchev–Trinajstić information content (AvgIpc) is 2.42. The van der Waals surface area contributed by atoms with Gasteiger partial charge in [0.25, 0.3) is 0 Å². The van der Waals surface area contributed by atoms with Crippen molar-refractivity contribution in [3.8, 4) is 11.5 Å². The normalized spacial score (nSPS) is 16.1. The van der Waals surface area contributed by atoms with E-state index in [1.807, 2.05) is 0 Å². The van der Waals surface area contributed by atoms with Crippen molar-refractivity contribution in [3.05, 3.63) is 23.8 Å². The Morgan fingerprint density at radius 2 is 2.11 bits per heavy atom. The Labute approximate surface area is 113 Å². The van der Waals surface area contributed by atoms with Gasteiger partial charge in [0.05, 0.1) is 13.5 Å². The quantitative estimate of drug-likeness (QED) is 0.877. The van der Waals surface area contributed by atoms with Crippen LogP contribution < -0.4 is 10.1 Å². The number of nitrogens with one attached hydrogen (secondary N) is 1. The van der Waals surface area contributed by atoms with Crippen molar-refractivity contribution >= 4 is 5.91 Å². The molecular formula is C15H21NO3. The lowest BCUT2D eigenvalue weighted by molar-refractivity contribution is -0.121. The van der Waals surface area contributed by atoms with E-state index in [2.05, 4.69) is 5.32 Å². The van der Waals surface area contributed by atoms with Crippen LogP contribution in [0.2, 0.25) is 0 Å². The SMILES string of the molecule is COc1cc(CC(=O)NC2CCCCC2)ccc1O. The highest BCUT2D eigenvalue weighted by atomic mass is 16.5. The van der Waals surface area contributed by atoms with Gasteiger partial charge >= 0.3 is 0 Å². The maximum absolute atomic E-state index is 12.0. The molecule has 1 aliphatic carbocycles. The zero-order valence-electron chi connectivity index (χ0n) is 11.3. The second kappa shape index (κ2) is 6.45. The van der Waals surface area contributed by atoms with Crippen molar-refractivity contribution in [2.24, 2.45) is 0 Å². The first-order valence-electron chi connectivity index (χ1n) is 6.84. The molecule has 1 saturated carbocycles. The van der Waals surface area contributed by atoms with Crippen molar-refractivity contribution in [2.45, 2.75) is 44.6 Å². The molecular weight excluding hydrogens is 242 g/mol. The third-order valence-electron chi connectivity index (χ3n) is 3.58. The third kappa shape index (κ3) is 3.88. The molecule has 0 spiro atoms. The van der Waals surface area contributed by atoms with Gasteiger partial charge in [-0.15, -0.1) is 0 Å². The zero-order chi connectivity index (χ0) is 13.7. The molecule has 19 heavy (non-hydrogen) atoms. The lowest BCUT2D eigenvalue weighted by atomic mass is 9.95. The minimum atomic E-state index is 0.0413. The largest absolute Gasteiger partial charge is 0.504 e. The maximum Gasteiger partial charge on any atom is 0.224 e. The van der Waals surface area contributed by atoms with E-state index in [4.69, 9.17) is 4.74 Å². The van der Waals surface area contributed by atoms with Crippen molar-refractivity contribution in [1.29, 1.82) is 0 Å². The van der Waals surface area contributed by atoms with Crippen LogP contribution in [-0.2, 0) is 11.2 Å². The number of benzene rings is 1. The Morgan fingerprint density at radius 1 is 1.37 bits per heavy atom. The number of carbonyl (C=O) groups is 1. The average molecular weight is 263 g/mol. The molecule has 1 amide bonds. The third-order valence-corrected chi connectivity index (χ3v) is 3.58. The minimum absolute atomic E-state index is 0.0413. The molecule has 104 valence electrons. The van der Waals surface area contributed by atoms with E-state index in [1.54, 1.807) is 18.2 Å². The van der Waals surface area contributed by atoms with Gasteiger partial charge < -0.3 is 15.2 Å². The van der Waals surface area contributed by atoms with Crippen LogP contribution in [0.4, 0.5) is 0 Å². The van der Waals surface area contributed by atoms with Gasteiger partial charge in [-0.05, 0) is 30.5 Å². The van der Waals surface area contributed by atoms with Crippen LogP contribution in [0.3, 0.4) is 0 Å². The summed E-state index contributed by atoms with van der Waals surface area (Å²) in [6, 6.07) is 5.34. The van der Waals surface area contributed by atoms with Gasteiger partial charge in [-0.3, -0.25) is 4.79 Å². The van der Waals surface area contributed by atoms with Crippen LogP contribution in [0.15, 0.2) is 18.2 Å². The molecule has 0 radical (unpaired) electrons. The maximum atomic E-state index is 12.0. The molecule has 0 aromatic heterocycles. The monoisotopic (exact) mass is 263 g/mol. The van der Waals surface area contributed by atoms with E-state index < -0.39 is 0 Å². The first-order valence-corrected chi connectivity index (χ1v) is 6.84. The summed E-state index contributed by atoms with van der Waals surface area (Å²) in [4.78, 5) is 12.0. The fraction of sp³-hybridized carbons (Fsp3) is 0.533. The van der Waals surface area contributed by atoms with Crippen LogP contribution in [0.25, 0.3) is 0 Å². The Bertz CT molecular complexity index is 439. The van der Waals surface area contributed by atoms with Crippen molar-refractivity contribution in [1.82, 2.24) is 5.32 Å². The summed E-state index contributed by atoms with van der Waals surface area (Å²) in [5.41, 5.74) is 0.850. The highest BCUT2D eigenvalue weighted by Gasteiger charge is 2.16. The summed E-state index contributed by atoms with van der Waals surface area (Å²) in [5.74, 6) is 0.543. The molecule has 0 heterocycles. The zero-order valence-corrected chi connectivity index (χ0v) is 11.3. The minimum Gasteiger partial charge on any atom is -0.504 e. The summed E-state index contributed by atoms with van der Waals surface area (Å²) in [6.45, 7) is 0. The molecule has 2 N–H and O–H groups in total. The predicted molar refractivity (Wildman–Crippen MR) is 73.4 cm³/mol. The second-order valence-corrected chi connectivity index (χ2v) is 5.09. The van der Waals surface area contributed by atoms with Crippen LogP contribution in [0.5, 0.6) is 11.5 Å². The highest BCUT2D eigenvalue weighted by Crippen LogP contribution is 2.26. The van der Waals surface area contributed by atoms with Crippen LogP contribution >= 0.6 is 0 Å². The van der Waals surface area contributed by atoms with Crippen molar-refractivity contribution < 1.29 is 14.6 Å². The molecule has 1 aliphatic rings. The standard InChI is InChI=1S/C15H21NO3/c1-19-14-9-11(7-8-13(14)17)10-15(18)16-12-5-3-2-4-6-12/h7-9,12,17H,2-6,10H2,1H3,(H,16,18). The van der Waals surface area contributed by atoms with E-state index in [0.717, 1.165) is 18.4 Å². The van der Waals surface area contributed by atoms with Crippen molar-refractivity contribution in [2.75, 3.05) is 7.11 Å². The van der Waals surface area contributed by atoms with Crippen LogP contribution in [0, 0.1) is 0 Å². The fourth-order valence-electron chi connectivity index (χ4n) is 2.54. The molecule has 1 fully saturated rings.